The third-order valence-electron chi connectivity index (χ3n) is 5.26. The third kappa shape index (κ3) is 6.02. The van der Waals surface area contributed by atoms with E-state index in [1.807, 2.05) is 19.2 Å². The first-order valence-corrected chi connectivity index (χ1v) is 10.7. The molecule has 4 rings (SSSR count). The second kappa shape index (κ2) is 11.0. The molecule has 0 bridgehead atoms. The van der Waals surface area contributed by atoms with Crippen molar-refractivity contribution in [1.29, 1.82) is 0 Å². The van der Waals surface area contributed by atoms with Crippen LogP contribution < -0.4 is 0 Å². The van der Waals surface area contributed by atoms with Crippen molar-refractivity contribution in [2.24, 2.45) is 0 Å². The molecule has 0 unspecified atom stereocenters. The predicted octanol–water partition coefficient (Wildman–Crippen LogP) is 5.47. The third-order valence-corrected chi connectivity index (χ3v) is 6.75. The second-order valence-corrected chi connectivity index (χ2v) is 9.02. The summed E-state index contributed by atoms with van der Waals surface area (Å²) in [6.07, 6.45) is 1.92. The van der Waals surface area contributed by atoms with Crippen molar-refractivity contribution < 1.29 is 49.0 Å². The van der Waals surface area contributed by atoms with Gasteiger partial charge in [-0.15, -0.1) is 5.69 Å². The normalized spacial score (nSPS) is 16.0. The second-order valence-electron chi connectivity index (χ2n) is 7.31. The van der Waals surface area contributed by atoms with Gasteiger partial charge in [0.25, 0.3) is 5.69 Å². The summed E-state index contributed by atoms with van der Waals surface area (Å²) >= 11 is 6.98. The van der Waals surface area contributed by atoms with E-state index in [0.29, 0.717) is 12.2 Å². The van der Waals surface area contributed by atoms with E-state index in [1.165, 1.54) is 11.1 Å². The van der Waals surface area contributed by atoms with Gasteiger partial charge in [0.15, 0.2) is 0 Å². The minimum atomic E-state index is -0.301. The Kier molecular flexibility index (Phi) is 9.58. The van der Waals surface area contributed by atoms with Crippen molar-refractivity contribution in [3.8, 4) is 0 Å². The maximum atomic E-state index is 10.9. The van der Waals surface area contributed by atoms with Gasteiger partial charge in [-0.25, -0.2) is 0 Å². The number of likely N-dealkylation sites (N-methyl/N-ethyl adjacent to an activating group) is 2. The first kappa shape index (κ1) is 25.2. The minimum Gasteiger partial charge on any atom is -0.698 e. The van der Waals surface area contributed by atoms with Crippen LogP contribution in [0.15, 0.2) is 33.2 Å². The zero-order valence-corrected chi connectivity index (χ0v) is 24.5. The molecule has 2 aliphatic rings. The molecule has 0 fully saturated rings. The number of nitrogens with one attached hydrogen (secondary N) is 1. The molecule has 153 valence electrons. The topological polar surface area (TPSA) is 73.4 Å². The molecule has 1 N–H and O–H groups in total. The van der Waals surface area contributed by atoms with Crippen molar-refractivity contribution in [1.82, 2.24) is 9.80 Å². The van der Waals surface area contributed by atoms with Gasteiger partial charge < -0.3 is 15.5 Å². The summed E-state index contributed by atoms with van der Waals surface area (Å²) in [5, 5.41) is 10.9. The first-order chi connectivity index (χ1) is 13.3. The van der Waals surface area contributed by atoms with E-state index < -0.39 is 0 Å². The number of nitrogens with zero attached hydrogens (tertiary/aromatic N) is 3. The number of rotatable bonds is 1. The largest absolute Gasteiger partial charge is 0.698 e. The Morgan fingerprint density at radius 2 is 1.38 bits per heavy atom. The molecule has 0 saturated heterocycles. The maximum absolute atomic E-state index is 10.9. The molecular formula is C20H23AcBr2N4O2-. The monoisotopic (exact) mass is 736 g/mol. The molecule has 6 nitrogen and oxygen atoms in total. The van der Waals surface area contributed by atoms with Crippen LogP contribution in [0, 0.1) is 54.2 Å². The molecule has 2 aromatic carbocycles. The van der Waals surface area contributed by atoms with Crippen LogP contribution in [0.25, 0.3) is 5.73 Å². The van der Waals surface area contributed by atoms with Crippen LogP contribution in [0.4, 0.5) is 11.4 Å². The molecule has 0 amide bonds. The number of fused-ring (bicyclic) bond motifs is 2. The quantitative estimate of drug-likeness (QED) is 0.288. The van der Waals surface area contributed by atoms with E-state index in [0.717, 1.165) is 52.5 Å². The van der Waals surface area contributed by atoms with Gasteiger partial charge in [-0.05, 0) is 55.8 Å². The number of hydrogen-bond acceptors (Lipinski definition) is 4. The summed E-state index contributed by atoms with van der Waals surface area (Å²) < 4.78 is 2.14. The molecule has 2 aromatic rings. The van der Waals surface area contributed by atoms with Crippen LogP contribution in [0.2, 0.25) is 0 Å². The number of benzene rings is 2. The average molecular weight is 738 g/mol. The standard InChI is InChI=1S/C10H11BrN2O2.C10H12BrN2.Ac/c1-12-5-4-7-8(6-12)10(13(14)15)3-2-9(7)11;1-13-5-4-7-8(6-13)10(12)3-2-9(7)11;/h2-3H,4-6H2,1H3;2-3,12H,4-6H2,1H3;/q;-1;. The number of hydrogen-bond donors (Lipinski definition) is 0. The Hall–Kier alpha value is -0.0384. The summed E-state index contributed by atoms with van der Waals surface area (Å²) in [6.45, 7) is 3.61. The van der Waals surface area contributed by atoms with Crippen LogP contribution in [-0.4, -0.2) is 41.9 Å². The van der Waals surface area contributed by atoms with Crippen LogP contribution in [-0.2, 0) is 25.9 Å². The van der Waals surface area contributed by atoms with Crippen LogP contribution in [0.1, 0.15) is 22.3 Å². The number of halogens is 2. The van der Waals surface area contributed by atoms with E-state index >= 15 is 0 Å². The van der Waals surface area contributed by atoms with Gasteiger partial charge in [-0.3, -0.25) is 10.1 Å². The minimum absolute atomic E-state index is 0. The molecule has 0 saturated carbocycles. The van der Waals surface area contributed by atoms with Gasteiger partial charge in [-0.2, -0.15) is 0 Å². The summed E-state index contributed by atoms with van der Waals surface area (Å²) in [5.41, 5.74) is 13.1. The molecule has 1 radical (unpaired) electrons. The zero-order valence-electron chi connectivity index (χ0n) is 16.5. The van der Waals surface area contributed by atoms with Crippen molar-refractivity contribution in [2.45, 2.75) is 25.9 Å². The summed E-state index contributed by atoms with van der Waals surface area (Å²) in [7, 11) is 4.08. The summed E-state index contributed by atoms with van der Waals surface area (Å²) in [4.78, 5) is 14.9. The van der Waals surface area contributed by atoms with E-state index in [-0.39, 0.29) is 54.7 Å². The Balaban J connectivity index is 0.000000202. The average Bonchev–Trinajstić information content (AvgIpc) is 2.65. The summed E-state index contributed by atoms with van der Waals surface area (Å²) in [6, 6.07) is 7.18. The fourth-order valence-electron chi connectivity index (χ4n) is 3.69. The fourth-order valence-corrected chi connectivity index (χ4v) is 4.83. The van der Waals surface area contributed by atoms with Crippen molar-refractivity contribution in [3.05, 3.63) is 71.3 Å². The van der Waals surface area contributed by atoms with Crippen LogP contribution in [0.3, 0.4) is 0 Å². The van der Waals surface area contributed by atoms with Gasteiger partial charge in [-0.1, -0.05) is 37.9 Å². The summed E-state index contributed by atoms with van der Waals surface area (Å²) in [5.74, 6) is 0. The van der Waals surface area contributed by atoms with Crippen molar-refractivity contribution in [3.63, 3.8) is 0 Å². The molecule has 0 atom stereocenters. The molecule has 2 heterocycles. The molecule has 0 aromatic heterocycles. The zero-order chi connectivity index (χ0) is 20.4. The Labute approximate surface area is 224 Å². The fraction of sp³-hybridized carbons (Fsp3) is 0.400. The van der Waals surface area contributed by atoms with Crippen molar-refractivity contribution in [2.75, 3.05) is 27.2 Å². The Morgan fingerprint density at radius 1 is 0.897 bits per heavy atom. The Bertz CT molecular complexity index is 911. The molecule has 29 heavy (non-hydrogen) atoms. The van der Waals surface area contributed by atoms with E-state index in [2.05, 4.69) is 48.7 Å². The van der Waals surface area contributed by atoms with Crippen LogP contribution in [0.5, 0.6) is 0 Å². The van der Waals surface area contributed by atoms with Gasteiger partial charge in [0.2, 0.25) is 0 Å². The Morgan fingerprint density at radius 3 is 1.93 bits per heavy atom. The van der Waals surface area contributed by atoms with E-state index in [1.54, 1.807) is 12.1 Å². The van der Waals surface area contributed by atoms with Gasteiger partial charge >= 0.3 is 0 Å². The predicted molar refractivity (Wildman–Crippen MR) is 119 cm³/mol. The van der Waals surface area contributed by atoms with Gasteiger partial charge in [0.05, 0.1) is 4.92 Å². The molecule has 0 spiro atoms. The SMILES string of the molecule is CN1CCc2c(Br)ccc([N+](=O)[O-])c2C1.CN1CCc2c(Br)ccc([NH-])c2C1.[Ac]. The van der Waals surface area contributed by atoms with Gasteiger partial charge in [0.1, 0.15) is 0 Å². The van der Waals surface area contributed by atoms with Crippen LogP contribution >= 0.6 is 31.9 Å². The molecule has 2 aliphatic heterocycles. The van der Waals surface area contributed by atoms with E-state index in [9.17, 15) is 10.1 Å². The van der Waals surface area contributed by atoms with Crippen molar-refractivity contribution >= 4 is 43.2 Å². The first-order valence-electron chi connectivity index (χ1n) is 9.11. The number of nitro groups is 1. The molecule has 0 aliphatic carbocycles. The number of nitro benzene ring substituents is 1. The van der Waals surface area contributed by atoms with E-state index in [4.69, 9.17) is 5.73 Å². The van der Waals surface area contributed by atoms with Gasteiger partial charge in [0, 0.05) is 90.8 Å². The molecule has 9 heteroatoms. The smallest absolute Gasteiger partial charge is 0.274 e. The molecular weight excluding hydrogens is 715 g/mol. The maximum Gasteiger partial charge on any atom is 0.274 e.